The molecule has 0 unspecified atom stereocenters. The molecule has 10 rings (SSSR count). The molecule has 0 saturated carbocycles. The molecule has 0 atom stereocenters. The van der Waals surface area contributed by atoms with Gasteiger partial charge in [0, 0.05) is 92.8 Å². The lowest BCUT2D eigenvalue weighted by Crippen LogP contribution is -2.34. The quantitative estimate of drug-likeness (QED) is 0.109. The standard InChI is InChI=1S/3C19H26N.2C17H22N/c2*1-14-7-9-17(15(2)11-14)18-10-8-16(13-20(18)6)12-19(3,4)5;1-6-19(4,7-2)16-12-13-18(20(5)14-16)17-11-9-8-10-15(17)3;1-13-8-6-7-9-15(13)16-11-10-14(12-18(16)5)17(2,3)4;1-13(2)11-15-9-10-17(18(4)12-15)16-8-6-5-7-14(16)3/h2*7-11,13H,12H2,1-6H3;8-14H,6-7H2,1-5H3;6-12H,1-5H3;5-10,12-13H,11H2,1-4H3/q5*+1/i1D3,12D2;;;;. The summed E-state index contributed by atoms with van der Waals surface area (Å²) >= 11 is 0. The van der Waals surface area contributed by atoms with E-state index in [1.807, 2.05) is 63.7 Å². The predicted octanol–water partition coefficient (Wildman–Crippen LogP) is 20.8. The Morgan fingerprint density at radius 2 is 0.708 bits per heavy atom. The third-order valence-corrected chi connectivity index (χ3v) is 18.2. The third-order valence-electron chi connectivity index (χ3n) is 18.2. The average molecular weight is 1290 g/mol. The summed E-state index contributed by atoms with van der Waals surface area (Å²) in [5, 5.41) is 0. The number of hydrogen-bond acceptors (Lipinski definition) is 0. The smallest absolute Gasteiger partial charge is 0.201 e. The van der Waals surface area contributed by atoms with E-state index >= 15 is 0 Å². The highest BCUT2D eigenvalue weighted by Gasteiger charge is 2.27. The number of benzene rings is 5. The van der Waals surface area contributed by atoms with E-state index in [4.69, 9.17) is 6.85 Å². The van der Waals surface area contributed by atoms with Crippen LogP contribution in [0.2, 0.25) is 0 Å². The zero-order chi connectivity index (χ0) is 75.3. The molecule has 0 amide bonds. The van der Waals surface area contributed by atoms with Crippen LogP contribution in [0.15, 0.2) is 201 Å². The molecule has 96 heavy (non-hydrogen) atoms. The summed E-state index contributed by atoms with van der Waals surface area (Å²) in [5.74, 6) is 0.703. The second-order valence-electron chi connectivity index (χ2n) is 30.8. The molecule has 10 aromatic rings. The second-order valence-corrected chi connectivity index (χ2v) is 30.8. The first-order chi connectivity index (χ1) is 47.0. The Morgan fingerprint density at radius 1 is 0.365 bits per heavy atom. The molecule has 5 heterocycles. The van der Waals surface area contributed by atoms with Gasteiger partial charge in [-0.1, -0.05) is 187 Å². The van der Waals surface area contributed by atoms with Crippen molar-refractivity contribution in [3.05, 3.63) is 268 Å². The van der Waals surface area contributed by atoms with Crippen LogP contribution in [-0.2, 0) is 65.3 Å². The highest BCUT2D eigenvalue weighted by Crippen LogP contribution is 2.33. The van der Waals surface area contributed by atoms with Crippen LogP contribution >= 0.6 is 0 Å². The Balaban J connectivity index is 0.000000200. The molecule has 0 aliphatic heterocycles. The number of aromatic nitrogens is 5. The minimum absolute atomic E-state index is 0.196. The first-order valence-corrected chi connectivity index (χ1v) is 34.8. The van der Waals surface area contributed by atoms with Crippen molar-refractivity contribution < 1.29 is 29.7 Å². The number of aryl methyl sites for hydroxylation is 12. The molecular formula is C91H122N5+5. The van der Waals surface area contributed by atoms with Gasteiger partial charge < -0.3 is 0 Å². The molecular weight excluding hydrogens is 1160 g/mol. The molecule has 506 valence electrons. The molecule has 0 radical (unpaired) electrons. The minimum Gasteiger partial charge on any atom is -0.201 e. The Bertz CT molecular complexity index is 4410. The fraction of sp³-hybridized carbons (Fsp3) is 0.396. The van der Waals surface area contributed by atoms with Gasteiger partial charge >= 0.3 is 0 Å². The highest BCUT2D eigenvalue weighted by molar-refractivity contribution is 5.64. The van der Waals surface area contributed by atoms with Gasteiger partial charge in [0.05, 0.1) is 0 Å². The molecule has 0 saturated heterocycles. The van der Waals surface area contributed by atoms with Crippen LogP contribution in [0.4, 0.5) is 0 Å². The van der Waals surface area contributed by atoms with Gasteiger partial charge in [-0.25, -0.2) is 22.8 Å². The maximum Gasteiger partial charge on any atom is 0.212 e. The molecule has 0 spiro atoms. The lowest BCUT2D eigenvalue weighted by molar-refractivity contribution is -0.661. The van der Waals surface area contributed by atoms with Crippen LogP contribution in [-0.4, -0.2) is 0 Å². The lowest BCUT2D eigenvalue weighted by Gasteiger charge is -2.26. The molecule has 5 aromatic carbocycles. The van der Waals surface area contributed by atoms with Crippen molar-refractivity contribution in [1.29, 1.82) is 0 Å². The number of pyridine rings is 5. The fourth-order valence-electron chi connectivity index (χ4n) is 12.5. The van der Waals surface area contributed by atoms with Crippen LogP contribution in [0.25, 0.3) is 56.3 Å². The first-order valence-electron chi connectivity index (χ1n) is 37.3. The van der Waals surface area contributed by atoms with Gasteiger partial charge in [-0.3, -0.25) is 0 Å². The van der Waals surface area contributed by atoms with Gasteiger partial charge in [0.2, 0.25) is 28.5 Å². The Morgan fingerprint density at radius 3 is 1.07 bits per heavy atom. The summed E-state index contributed by atoms with van der Waals surface area (Å²) in [6.07, 6.45) is 14.0. The molecule has 0 bridgehead atoms. The van der Waals surface area contributed by atoms with Crippen molar-refractivity contribution in [2.75, 3.05) is 0 Å². The third kappa shape index (κ3) is 21.9. The molecule has 0 aliphatic rings. The SMILES string of the molecule is CCC(C)(CC)c1ccc(-c2ccccc2C)[n+](C)c1.Cc1ccc(-c2ccc(CC(C)(C)C)c[n+]2C)c(C)c1.Cc1ccccc1-c1ccc(C(C)(C)C)c[n+]1C.Cc1ccccc1-c1ccc(CC(C)C)c[n+]1C.[2H]C([2H])([2H])c1ccc(-c2ccc(C([2H])([2H])C(C)(C)C)c[n+]2C)c(C)c1. The number of nitrogens with zero attached hydrogens (tertiary/aromatic N) is 5. The van der Waals surface area contributed by atoms with E-state index < -0.39 is 18.6 Å². The van der Waals surface area contributed by atoms with E-state index in [0.717, 1.165) is 29.7 Å². The molecule has 0 fully saturated rings. The van der Waals surface area contributed by atoms with Gasteiger partial charge in [-0.05, 0) is 197 Å². The molecule has 0 N–H and O–H groups in total. The number of hydrogen-bond donors (Lipinski definition) is 0. The van der Waals surface area contributed by atoms with Crippen LogP contribution < -0.4 is 22.8 Å². The Hall–Kier alpha value is -8.15. The summed E-state index contributed by atoms with van der Waals surface area (Å²) in [5.41, 5.74) is 26.6. The van der Waals surface area contributed by atoms with Crippen molar-refractivity contribution in [2.45, 2.75) is 188 Å². The fourth-order valence-corrected chi connectivity index (χ4v) is 12.5. The van der Waals surface area contributed by atoms with Crippen LogP contribution in [0, 0.1) is 65.1 Å². The molecule has 0 aliphatic carbocycles. The summed E-state index contributed by atoms with van der Waals surface area (Å²) in [6.45, 7) is 41.3. The molecule has 5 heteroatoms. The van der Waals surface area contributed by atoms with Crippen LogP contribution in [0.3, 0.4) is 0 Å². The van der Waals surface area contributed by atoms with Crippen LogP contribution in [0.1, 0.15) is 183 Å². The van der Waals surface area contributed by atoms with E-state index in [0.29, 0.717) is 22.5 Å². The maximum atomic E-state index is 8.42. The lowest BCUT2D eigenvalue weighted by atomic mass is 9.78. The zero-order valence-corrected chi connectivity index (χ0v) is 63.7. The van der Waals surface area contributed by atoms with Gasteiger partial charge in [-0.2, -0.15) is 0 Å². The van der Waals surface area contributed by atoms with E-state index in [1.54, 1.807) is 12.1 Å². The second kappa shape index (κ2) is 33.7. The minimum atomic E-state index is -2.11. The van der Waals surface area contributed by atoms with Crippen LogP contribution in [0.5, 0.6) is 0 Å². The van der Waals surface area contributed by atoms with Gasteiger partial charge in [0.15, 0.2) is 31.0 Å². The van der Waals surface area contributed by atoms with Crippen molar-refractivity contribution in [3.8, 4) is 56.3 Å². The van der Waals surface area contributed by atoms with Crippen molar-refractivity contribution in [3.63, 3.8) is 0 Å². The monoisotopic (exact) mass is 1290 g/mol. The number of rotatable bonds is 12. The Labute approximate surface area is 590 Å². The van der Waals surface area contributed by atoms with E-state index in [-0.39, 0.29) is 10.8 Å². The maximum absolute atomic E-state index is 8.42. The van der Waals surface area contributed by atoms with E-state index in [1.165, 1.54) is 108 Å². The average Bonchev–Trinajstić information content (AvgIpc) is 0.789. The van der Waals surface area contributed by atoms with Crippen molar-refractivity contribution >= 4 is 0 Å². The molecule has 5 nitrogen and oxygen atoms in total. The summed E-state index contributed by atoms with van der Waals surface area (Å²) in [7, 11) is 10.4. The predicted molar refractivity (Wildman–Crippen MR) is 410 cm³/mol. The van der Waals surface area contributed by atoms with Gasteiger partial charge in [0.1, 0.15) is 35.2 Å². The summed E-state index contributed by atoms with van der Waals surface area (Å²) in [6, 6.07) is 59.2. The highest BCUT2D eigenvalue weighted by atomic mass is 14.9. The van der Waals surface area contributed by atoms with E-state index in [9.17, 15) is 0 Å². The van der Waals surface area contributed by atoms with Crippen molar-refractivity contribution in [2.24, 2.45) is 52.0 Å². The normalized spacial score (nSPS) is 12.6. The topological polar surface area (TPSA) is 19.4 Å². The zero-order valence-electron chi connectivity index (χ0n) is 68.7. The van der Waals surface area contributed by atoms with Gasteiger partial charge in [0.25, 0.3) is 0 Å². The largest absolute Gasteiger partial charge is 0.212 e. The summed E-state index contributed by atoms with van der Waals surface area (Å²) in [4.78, 5) is 0. The first kappa shape index (κ1) is 69.2. The Kier molecular flexibility index (Phi) is 24.3. The van der Waals surface area contributed by atoms with E-state index in [2.05, 4.69) is 322 Å². The van der Waals surface area contributed by atoms with Crippen molar-refractivity contribution in [1.82, 2.24) is 0 Å². The van der Waals surface area contributed by atoms with Gasteiger partial charge in [-0.15, -0.1) is 0 Å². The molecule has 5 aromatic heterocycles. The summed E-state index contributed by atoms with van der Waals surface area (Å²) < 4.78 is 50.3.